The average molecular weight is 431 g/mol. The summed E-state index contributed by atoms with van der Waals surface area (Å²) in [5.41, 5.74) is 3.67. The zero-order chi connectivity index (χ0) is 22.4. The normalized spacial score (nSPS) is 19.1. The first-order chi connectivity index (χ1) is 15.6. The van der Waals surface area contributed by atoms with E-state index in [-0.39, 0.29) is 5.91 Å². The van der Waals surface area contributed by atoms with Crippen LogP contribution in [0.1, 0.15) is 23.1 Å². The number of carbonyl (C=O) groups is 2. The Morgan fingerprint density at radius 1 is 1.00 bits per heavy atom. The SMILES string of the molecule is O=C(NO)[C@H]1C[C@]1(Cc1ccc(OCc2ccccc2)cc1)C(=O)NCc1cccnc1. The lowest BCUT2D eigenvalue weighted by atomic mass is 9.92. The predicted molar refractivity (Wildman–Crippen MR) is 117 cm³/mol. The summed E-state index contributed by atoms with van der Waals surface area (Å²) in [6.07, 6.45) is 4.13. The van der Waals surface area contributed by atoms with E-state index >= 15 is 0 Å². The maximum absolute atomic E-state index is 13.0. The van der Waals surface area contributed by atoms with Gasteiger partial charge in [-0.15, -0.1) is 0 Å². The highest BCUT2D eigenvalue weighted by atomic mass is 16.5. The third-order valence-electron chi connectivity index (χ3n) is 5.82. The van der Waals surface area contributed by atoms with Crippen LogP contribution in [0.4, 0.5) is 0 Å². The minimum Gasteiger partial charge on any atom is -0.489 e. The van der Waals surface area contributed by atoms with Gasteiger partial charge in [0, 0.05) is 18.9 Å². The largest absolute Gasteiger partial charge is 0.489 e. The first-order valence-electron chi connectivity index (χ1n) is 10.5. The van der Waals surface area contributed by atoms with Crippen LogP contribution in [0.25, 0.3) is 0 Å². The first-order valence-corrected chi connectivity index (χ1v) is 10.5. The Labute approximate surface area is 186 Å². The van der Waals surface area contributed by atoms with E-state index in [4.69, 9.17) is 9.94 Å². The second-order valence-electron chi connectivity index (χ2n) is 8.03. The fourth-order valence-corrected chi connectivity index (χ4v) is 3.92. The van der Waals surface area contributed by atoms with Gasteiger partial charge in [0.1, 0.15) is 12.4 Å². The molecule has 0 bridgehead atoms. The molecule has 0 aliphatic heterocycles. The van der Waals surface area contributed by atoms with Gasteiger partial charge < -0.3 is 10.1 Å². The molecule has 2 amide bonds. The topological polar surface area (TPSA) is 101 Å². The monoisotopic (exact) mass is 431 g/mol. The molecule has 0 saturated heterocycles. The van der Waals surface area contributed by atoms with E-state index in [2.05, 4.69) is 10.3 Å². The summed E-state index contributed by atoms with van der Waals surface area (Å²) in [6.45, 7) is 0.799. The van der Waals surface area contributed by atoms with Gasteiger partial charge >= 0.3 is 0 Å². The highest BCUT2D eigenvalue weighted by Crippen LogP contribution is 2.55. The number of hydrogen-bond donors (Lipinski definition) is 3. The summed E-state index contributed by atoms with van der Waals surface area (Å²) < 4.78 is 5.82. The highest BCUT2D eigenvalue weighted by molar-refractivity contribution is 5.95. The van der Waals surface area contributed by atoms with Crippen LogP contribution >= 0.6 is 0 Å². The van der Waals surface area contributed by atoms with Crippen LogP contribution in [0.2, 0.25) is 0 Å². The van der Waals surface area contributed by atoms with Crippen molar-refractivity contribution < 1.29 is 19.5 Å². The van der Waals surface area contributed by atoms with Crippen molar-refractivity contribution in [2.75, 3.05) is 0 Å². The summed E-state index contributed by atoms with van der Waals surface area (Å²) >= 11 is 0. The molecular formula is C25H25N3O4. The van der Waals surface area contributed by atoms with Crippen LogP contribution < -0.4 is 15.5 Å². The molecule has 3 aromatic rings. The molecule has 3 N–H and O–H groups in total. The summed E-state index contributed by atoms with van der Waals surface area (Å²) in [5.74, 6) is -0.591. The van der Waals surface area contributed by atoms with Crippen LogP contribution in [-0.2, 0) is 29.2 Å². The van der Waals surface area contributed by atoms with E-state index in [9.17, 15) is 9.59 Å². The van der Waals surface area contributed by atoms with E-state index in [1.54, 1.807) is 23.9 Å². The molecule has 4 rings (SSSR count). The van der Waals surface area contributed by atoms with E-state index in [1.165, 1.54) is 0 Å². The Balaban J connectivity index is 1.41. The molecule has 7 heteroatoms. The Kier molecular flexibility index (Phi) is 6.47. The first kappa shape index (κ1) is 21.5. The smallest absolute Gasteiger partial charge is 0.247 e. The molecule has 1 saturated carbocycles. The van der Waals surface area contributed by atoms with Crippen molar-refractivity contribution in [1.82, 2.24) is 15.8 Å². The fourth-order valence-electron chi connectivity index (χ4n) is 3.92. The van der Waals surface area contributed by atoms with Crippen LogP contribution in [0.5, 0.6) is 5.75 Å². The number of hydroxylamine groups is 1. The molecule has 0 spiro atoms. The number of aromatic nitrogens is 1. The Hall–Kier alpha value is -3.71. The zero-order valence-electron chi connectivity index (χ0n) is 17.5. The van der Waals surface area contributed by atoms with Crippen LogP contribution in [0, 0.1) is 11.3 Å². The molecule has 2 atom stereocenters. The van der Waals surface area contributed by atoms with Gasteiger partial charge in [-0.3, -0.25) is 19.8 Å². The van der Waals surface area contributed by atoms with Crippen molar-refractivity contribution in [1.29, 1.82) is 0 Å². The summed E-state index contributed by atoms with van der Waals surface area (Å²) in [4.78, 5) is 29.2. The lowest BCUT2D eigenvalue weighted by molar-refractivity contribution is -0.135. The second-order valence-corrected chi connectivity index (χ2v) is 8.03. The molecule has 0 unspecified atom stereocenters. The Morgan fingerprint density at radius 2 is 1.75 bits per heavy atom. The van der Waals surface area contributed by atoms with Crippen molar-refractivity contribution in [3.63, 3.8) is 0 Å². The molecule has 1 fully saturated rings. The van der Waals surface area contributed by atoms with Gasteiger partial charge in [-0.05, 0) is 47.7 Å². The predicted octanol–water partition coefficient (Wildman–Crippen LogP) is 3.03. The molecule has 1 aromatic heterocycles. The standard InChI is InChI=1S/C25H25N3O4/c29-23(28-31)22-14-25(22,24(30)27-16-20-7-4-12-26-15-20)13-18-8-10-21(11-9-18)32-17-19-5-2-1-3-6-19/h1-12,15,22,31H,13-14,16-17H2,(H,27,30)(H,28,29)/t22-,25+/m1/s1. The van der Waals surface area contributed by atoms with E-state index in [0.717, 1.165) is 22.4 Å². The van der Waals surface area contributed by atoms with Crippen molar-refractivity contribution in [3.8, 4) is 5.75 Å². The van der Waals surface area contributed by atoms with Crippen molar-refractivity contribution in [2.24, 2.45) is 11.3 Å². The molecule has 7 nitrogen and oxygen atoms in total. The van der Waals surface area contributed by atoms with Crippen LogP contribution in [0.3, 0.4) is 0 Å². The lowest BCUT2D eigenvalue weighted by Crippen LogP contribution is -2.37. The zero-order valence-corrected chi connectivity index (χ0v) is 17.5. The number of nitrogens with one attached hydrogen (secondary N) is 2. The van der Waals surface area contributed by atoms with Gasteiger partial charge in [0.25, 0.3) is 0 Å². The number of carbonyl (C=O) groups excluding carboxylic acids is 2. The molecule has 0 radical (unpaired) electrons. The number of benzene rings is 2. The van der Waals surface area contributed by atoms with Gasteiger partial charge in [-0.2, -0.15) is 0 Å². The number of pyridine rings is 1. The fraction of sp³-hybridized carbons (Fsp3) is 0.240. The van der Waals surface area contributed by atoms with Gasteiger partial charge in [0.15, 0.2) is 0 Å². The minimum absolute atomic E-state index is 0.209. The number of nitrogens with zero attached hydrogens (tertiary/aromatic N) is 1. The van der Waals surface area contributed by atoms with Crippen LogP contribution in [-0.4, -0.2) is 22.0 Å². The van der Waals surface area contributed by atoms with Gasteiger partial charge in [-0.25, -0.2) is 5.48 Å². The maximum atomic E-state index is 13.0. The van der Waals surface area contributed by atoms with Gasteiger partial charge in [0.05, 0.1) is 11.3 Å². The molecule has 32 heavy (non-hydrogen) atoms. The van der Waals surface area contributed by atoms with Crippen molar-refractivity contribution in [2.45, 2.75) is 26.0 Å². The third-order valence-corrected chi connectivity index (χ3v) is 5.82. The van der Waals surface area contributed by atoms with Crippen molar-refractivity contribution in [3.05, 3.63) is 95.8 Å². The Morgan fingerprint density at radius 3 is 2.44 bits per heavy atom. The molecular weight excluding hydrogens is 406 g/mol. The van der Waals surface area contributed by atoms with E-state index in [1.807, 2.05) is 60.7 Å². The number of amides is 2. The van der Waals surface area contributed by atoms with Crippen LogP contribution in [0.15, 0.2) is 79.1 Å². The molecule has 164 valence electrons. The minimum atomic E-state index is -0.887. The number of ether oxygens (including phenoxy) is 1. The Bertz CT molecular complexity index is 1060. The lowest BCUT2D eigenvalue weighted by Gasteiger charge is -2.17. The van der Waals surface area contributed by atoms with Gasteiger partial charge in [0.2, 0.25) is 11.8 Å². The average Bonchev–Trinajstić information content (AvgIpc) is 3.58. The maximum Gasteiger partial charge on any atom is 0.247 e. The highest BCUT2D eigenvalue weighted by Gasteiger charge is 2.63. The van der Waals surface area contributed by atoms with E-state index in [0.29, 0.717) is 26.0 Å². The molecule has 2 aromatic carbocycles. The summed E-state index contributed by atoms with van der Waals surface area (Å²) in [6, 6.07) is 21.1. The second kappa shape index (κ2) is 9.62. The molecule has 1 aliphatic carbocycles. The number of hydrogen-bond acceptors (Lipinski definition) is 5. The summed E-state index contributed by atoms with van der Waals surface area (Å²) in [7, 11) is 0. The number of rotatable bonds is 9. The summed E-state index contributed by atoms with van der Waals surface area (Å²) in [5, 5.41) is 12.0. The van der Waals surface area contributed by atoms with Gasteiger partial charge in [-0.1, -0.05) is 48.5 Å². The molecule has 1 heterocycles. The quantitative estimate of drug-likeness (QED) is 0.357. The van der Waals surface area contributed by atoms with Crippen molar-refractivity contribution >= 4 is 11.8 Å². The third kappa shape index (κ3) is 4.95. The van der Waals surface area contributed by atoms with E-state index < -0.39 is 17.2 Å². The molecule has 1 aliphatic rings.